The van der Waals surface area contributed by atoms with Crippen LogP contribution in [-0.2, 0) is 33.3 Å². The number of carbonyl (C=O) groups is 4. The van der Waals surface area contributed by atoms with Crippen LogP contribution in [0.2, 0.25) is 0 Å². The summed E-state index contributed by atoms with van der Waals surface area (Å²) in [6.07, 6.45) is -17.3. The van der Waals surface area contributed by atoms with Crippen LogP contribution in [0.1, 0.15) is 20.8 Å². The summed E-state index contributed by atoms with van der Waals surface area (Å²) in [5.41, 5.74) is 0. The van der Waals surface area contributed by atoms with E-state index in [1.165, 1.54) is 6.92 Å². The van der Waals surface area contributed by atoms with Crippen LogP contribution in [0.3, 0.4) is 0 Å². The van der Waals surface area contributed by atoms with E-state index >= 15 is 0 Å². The van der Waals surface area contributed by atoms with Crippen LogP contribution in [0.5, 0.6) is 0 Å². The largest absolute Gasteiger partial charge is 0.461 e. The molecule has 20 heteroatoms. The molecule has 2 rings (SSSR count). The van der Waals surface area contributed by atoms with Gasteiger partial charge in [0.25, 0.3) is 0 Å². The summed E-state index contributed by atoms with van der Waals surface area (Å²) in [5.74, 6) is -2.75. The fraction of sp³-hybridized carbons (Fsp3) is 0.818. The first-order valence-corrected chi connectivity index (χ1v) is 15.9. The molecule has 0 aromatic carbocycles. The Balaban J connectivity index is 2.11. The van der Waals surface area contributed by atoms with Gasteiger partial charge in [0.15, 0.2) is 12.6 Å². The highest BCUT2D eigenvalue weighted by Crippen LogP contribution is 2.58. The molecule has 0 saturated carbocycles. The molecule has 2 heterocycles. The molecular weight excluding hydrogens is 612 g/mol. The molecule has 18 nitrogen and oxygen atoms in total. The Morgan fingerprint density at radius 2 is 1.24 bits per heavy atom. The molecule has 0 radical (unpaired) electrons. The van der Waals surface area contributed by atoms with Crippen molar-refractivity contribution < 1.29 is 79.0 Å². The standard InChI is InChI=1S/C22H38N2O16S2/c1-4-42(24-9(3)26,22(36)38-6-12-14(28)16(30)18(32)21(35)40-12)41-7-10(23-8(2)25)19(33)37-5-11-13(27)15(29)17(31)20(34)39-11/h10-18,20-21,27-32,34-35H,4-7H2,1-3H3,(H,23,25)(H,24,26). The molecule has 0 bridgehead atoms. The number of rotatable bonds is 10. The molecule has 10 N–H and O–H groups in total. The molecule has 2 fully saturated rings. The number of carbonyl (C=O) groups excluding carboxylic acids is 4. The molecule has 2 aliphatic rings. The number of hydrogen-bond donors (Lipinski definition) is 10. The van der Waals surface area contributed by atoms with Gasteiger partial charge < -0.3 is 69.8 Å². The summed E-state index contributed by atoms with van der Waals surface area (Å²) >= 11 is 0. The van der Waals surface area contributed by atoms with Gasteiger partial charge in [-0.2, -0.15) is 0 Å². The Morgan fingerprint density at radius 3 is 1.67 bits per heavy atom. The maximum Gasteiger partial charge on any atom is 0.376 e. The topological polar surface area (TPSA) is 291 Å². The second kappa shape index (κ2) is 15.8. The van der Waals surface area contributed by atoms with Crippen molar-refractivity contribution in [2.45, 2.75) is 88.2 Å². The maximum absolute atomic E-state index is 13.2. The molecule has 244 valence electrons. The summed E-state index contributed by atoms with van der Waals surface area (Å²) < 4.78 is 22.8. The van der Waals surface area contributed by atoms with Crippen LogP contribution >= 0.6 is 20.0 Å². The zero-order valence-electron chi connectivity index (χ0n) is 22.8. The maximum atomic E-state index is 13.2. The van der Waals surface area contributed by atoms with Crippen molar-refractivity contribution in [1.82, 2.24) is 10.0 Å². The van der Waals surface area contributed by atoms with E-state index in [0.29, 0.717) is 0 Å². The van der Waals surface area contributed by atoms with Crippen molar-refractivity contribution >= 4 is 43.1 Å². The molecule has 0 spiro atoms. The second-order valence-corrected chi connectivity index (χ2v) is 14.9. The Hall–Kier alpha value is -1.82. The second-order valence-electron chi connectivity index (χ2n) is 9.42. The fourth-order valence-electron chi connectivity index (χ4n) is 3.87. The number of amides is 2. The minimum Gasteiger partial charge on any atom is -0.461 e. The van der Waals surface area contributed by atoms with E-state index in [2.05, 4.69) is 10.0 Å². The normalized spacial score (nSPS) is 36.1. The lowest BCUT2D eigenvalue weighted by Gasteiger charge is -2.39. The van der Waals surface area contributed by atoms with Gasteiger partial charge in [0.2, 0.25) is 11.8 Å². The van der Waals surface area contributed by atoms with Crippen LogP contribution < -0.4 is 10.0 Å². The summed E-state index contributed by atoms with van der Waals surface area (Å²) in [7, 11) is -2.21. The zero-order chi connectivity index (χ0) is 31.9. The number of aliphatic hydroxyl groups excluding tert-OH is 8. The monoisotopic (exact) mass is 650 g/mol. The van der Waals surface area contributed by atoms with Crippen LogP contribution in [0, 0.1) is 0 Å². The van der Waals surface area contributed by atoms with Gasteiger partial charge in [-0.05, 0) is 9.25 Å². The first-order chi connectivity index (χ1) is 19.5. The predicted molar refractivity (Wildman–Crippen MR) is 142 cm³/mol. The average molecular weight is 651 g/mol. The third-order valence-corrected chi connectivity index (χ3v) is 12.2. The highest BCUT2D eigenvalue weighted by Gasteiger charge is 2.46. The first-order valence-electron chi connectivity index (χ1n) is 12.6. The van der Waals surface area contributed by atoms with Crippen molar-refractivity contribution in [3.63, 3.8) is 0 Å². The number of ether oxygens (including phenoxy) is 4. The Bertz CT molecular complexity index is 963. The van der Waals surface area contributed by atoms with E-state index in [1.807, 2.05) is 0 Å². The van der Waals surface area contributed by atoms with E-state index in [-0.39, 0.29) is 11.5 Å². The van der Waals surface area contributed by atoms with Gasteiger partial charge in [-0.3, -0.25) is 9.59 Å². The smallest absolute Gasteiger partial charge is 0.376 e. The molecule has 0 aromatic heterocycles. The lowest BCUT2D eigenvalue weighted by atomic mass is 9.99. The SMILES string of the molecule is CCS(NC(C)=O)(SCC(NC(C)=O)C(=O)OCC1OC(O)C(O)C(O)C1O)C(=O)OCC1OC(O)C(O)C(O)C1O. The Morgan fingerprint density at radius 1 is 0.762 bits per heavy atom. The quantitative estimate of drug-likeness (QED) is 0.0784. The average Bonchev–Trinajstić information content (AvgIpc) is 2.93. The third-order valence-electron chi connectivity index (χ3n) is 6.21. The van der Waals surface area contributed by atoms with Crippen molar-refractivity contribution in [2.24, 2.45) is 0 Å². The molecule has 0 aromatic rings. The summed E-state index contributed by atoms with van der Waals surface area (Å²) in [6, 6.07) is -1.41. The summed E-state index contributed by atoms with van der Waals surface area (Å²) in [5, 5.41) is 79.7. The molecule has 2 saturated heterocycles. The summed E-state index contributed by atoms with van der Waals surface area (Å²) in [6.45, 7) is 2.38. The van der Waals surface area contributed by atoms with Crippen LogP contribution in [-0.4, -0.2) is 156 Å². The molecule has 42 heavy (non-hydrogen) atoms. The number of esters is 1. The molecule has 0 aliphatic carbocycles. The van der Waals surface area contributed by atoms with Gasteiger partial charge in [-0.25, -0.2) is 9.59 Å². The number of aliphatic hydroxyl groups is 8. The minimum absolute atomic E-state index is 0.0316. The molecule has 12 atom stereocenters. The van der Waals surface area contributed by atoms with Crippen LogP contribution in [0.4, 0.5) is 4.79 Å². The van der Waals surface area contributed by atoms with Crippen LogP contribution in [0.15, 0.2) is 0 Å². The Labute approximate surface area is 245 Å². The van der Waals surface area contributed by atoms with E-state index in [0.717, 1.165) is 24.6 Å². The van der Waals surface area contributed by atoms with Crippen molar-refractivity contribution in [2.75, 3.05) is 24.7 Å². The lowest BCUT2D eigenvalue weighted by Crippen LogP contribution is -2.59. The first kappa shape index (κ1) is 36.4. The Kier molecular flexibility index (Phi) is 13.7. The molecule has 2 aliphatic heterocycles. The van der Waals surface area contributed by atoms with E-state index in [1.54, 1.807) is 0 Å². The third kappa shape index (κ3) is 9.09. The number of hydrogen-bond acceptors (Lipinski definition) is 17. The predicted octanol–water partition coefficient (Wildman–Crippen LogP) is -4.71. The van der Waals surface area contributed by atoms with Gasteiger partial charge in [0.1, 0.15) is 68.1 Å². The fourth-order valence-corrected chi connectivity index (χ4v) is 8.53. The van der Waals surface area contributed by atoms with Crippen molar-refractivity contribution in [1.29, 1.82) is 0 Å². The van der Waals surface area contributed by atoms with Gasteiger partial charge in [-0.15, -0.1) is 0 Å². The van der Waals surface area contributed by atoms with E-state index < -0.39 is 113 Å². The van der Waals surface area contributed by atoms with Crippen molar-refractivity contribution in [3.8, 4) is 0 Å². The number of nitrogens with one attached hydrogen (secondary N) is 2. The lowest BCUT2D eigenvalue weighted by molar-refractivity contribution is -0.287. The van der Waals surface area contributed by atoms with E-state index in [9.17, 15) is 60.0 Å². The molecule has 12 unspecified atom stereocenters. The van der Waals surface area contributed by atoms with Crippen LogP contribution in [0.25, 0.3) is 0 Å². The van der Waals surface area contributed by atoms with Gasteiger partial charge in [0, 0.05) is 25.4 Å². The molecular formula is C22H38N2O16S2. The highest BCUT2D eigenvalue weighted by atomic mass is 33.2. The zero-order valence-corrected chi connectivity index (χ0v) is 24.5. The van der Waals surface area contributed by atoms with Gasteiger partial charge >= 0.3 is 11.3 Å². The molecule has 2 amide bonds. The minimum atomic E-state index is -2.97. The van der Waals surface area contributed by atoms with Crippen molar-refractivity contribution in [3.05, 3.63) is 0 Å². The summed E-state index contributed by atoms with van der Waals surface area (Å²) in [4.78, 5) is 49.9. The van der Waals surface area contributed by atoms with E-state index in [4.69, 9.17) is 18.9 Å². The highest BCUT2D eigenvalue weighted by molar-refractivity contribution is 8.99. The van der Waals surface area contributed by atoms with Gasteiger partial charge in [0.05, 0.1) is 0 Å². The van der Waals surface area contributed by atoms with Gasteiger partial charge in [-0.1, -0.05) is 17.7 Å².